The SMILES string of the molecule is CC12C=CC=CC1c1ccccc1N2c1ccc2c3c4ccccc4ccc3n(-c3nc(-c4ccccc4)c4ccccc4n3)c2c1. The van der Waals surface area contributed by atoms with Crippen molar-refractivity contribution in [3.8, 4) is 17.2 Å². The molecule has 0 N–H and O–H groups in total. The molecule has 3 heterocycles. The maximum atomic E-state index is 5.35. The summed E-state index contributed by atoms with van der Waals surface area (Å²) in [6, 6.07) is 47.7. The van der Waals surface area contributed by atoms with Gasteiger partial charge in [-0.1, -0.05) is 127 Å². The van der Waals surface area contributed by atoms with Gasteiger partial charge in [0.25, 0.3) is 0 Å². The van der Waals surface area contributed by atoms with Crippen LogP contribution in [0.1, 0.15) is 18.4 Å². The number of para-hydroxylation sites is 2. The summed E-state index contributed by atoms with van der Waals surface area (Å²) in [6.45, 7) is 2.35. The van der Waals surface area contributed by atoms with Gasteiger partial charge in [0.05, 0.1) is 27.8 Å². The standard InChI is InChI=1S/C43H30N4/c1-43-26-12-11-19-35(43)32-17-8-10-21-37(32)47(43)30-23-24-34-39(27-30)46(38-25-22-28-13-5-6-16-31(28)40(34)38)42-44-36-20-9-7-18-33(36)41(45-42)29-14-3-2-4-15-29/h2-27,35H,1H3. The fraction of sp³-hybridized carbons (Fsp3) is 0.0698. The predicted octanol–water partition coefficient (Wildman–Crippen LogP) is 10.7. The van der Waals surface area contributed by atoms with E-state index in [1.165, 1.54) is 32.8 Å². The molecule has 10 rings (SSSR count). The van der Waals surface area contributed by atoms with Crippen LogP contribution in [0.4, 0.5) is 11.4 Å². The Morgan fingerprint density at radius 2 is 1.43 bits per heavy atom. The minimum Gasteiger partial charge on any atom is -0.331 e. The minimum absolute atomic E-state index is 0.227. The van der Waals surface area contributed by atoms with Crippen LogP contribution >= 0.6 is 0 Å². The number of aromatic nitrogens is 3. The summed E-state index contributed by atoms with van der Waals surface area (Å²) in [7, 11) is 0. The lowest BCUT2D eigenvalue weighted by atomic mass is 9.80. The summed E-state index contributed by atoms with van der Waals surface area (Å²) in [6.07, 6.45) is 9.06. The Labute approximate surface area is 272 Å². The van der Waals surface area contributed by atoms with E-state index in [1.807, 2.05) is 6.07 Å². The van der Waals surface area contributed by atoms with Crippen molar-refractivity contribution in [3.05, 3.63) is 163 Å². The van der Waals surface area contributed by atoms with Gasteiger partial charge in [-0.2, -0.15) is 0 Å². The van der Waals surface area contributed by atoms with Crippen LogP contribution in [0.3, 0.4) is 0 Å². The summed E-state index contributed by atoms with van der Waals surface area (Å²) in [4.78, 5) is 13.1. The molecular weight excluding hydrogens is 573 g/mol. The third-order valence-electron chi connectivity index (χ3n) is 10.2. The van der Waals surface area contributed by atoms with Crippen molar-refractivity contribution in [2.24, 2.45) is 0 Å². The molecule has 222 valence electrons. The minimum atomic E-state index is -0.227. The van der Waals surface area contributed by atoms with Gasteiger partial charge in [0.2, 0.25) is 5.95 Å². The van der Waals surface area contributed by atoms with Crippen molar-refractivity contribution in [2.75, 3.05) is 4.90 Å². The van der Waals surface area contributed by atoms with Gasteiger partial charge in [-0.05, 0) is 53.6 Å². The second-order valence-corrected chi connectivity index (χ2v) is 12.8. The van der Waals surface area contributed by atoms with E-state index < -0.39 is 0 Å². The predicted molar refractivity (Wildman–Crippen MR) is 195 cm³/mol. The van der Waals surface area contributed by atoms with E-state index >= 15 is 0 Å². The van der Waals surface area contributed by atoms with E-state index in [9.17, 15) is 0 Å². The molecule has 2 aromatic heterocycles. The van der Waals surface area contributed by atoms with Crippen molar-refractivity contribution in [2.45, 2.75) is 18.4 Å². The molecule has 1 aliphatic carbocycles. The third-order valence-corrected chi connectivity index (χ3v) is 10.2. The molecule has 2 aliphatic rings. The maximum absolute atomic E-state index is 5.35. The number of hydrogen-bond acceptors (Lipinski definition) is 3. The van der Waals surface area contributed by atoms with Gasteiger partial charge in [-0.3, -0.25) is 4.57 Å². The fourth-order valence-corrected chi connectivity index (χ4v) is 8.10. The van der Waals surface area contributed by atoms with Crippen LogP contribution < -0.4 is 4.90 Å². The monoisotopic (exact) mass is 602 g/mol. The summed E-state index contributed by atoms with van der Waals surface area (Å²) >= 11 is 0. The van der Waals surface area contributed by atoms with Crippen LogP contribution in [0.15, 0.2) is 158 Å². The molecule has 0 saturated heterocycles. The van der Waals surface area contributed by atoms with E-state index in [4.69, 9.17) is 9.97 Å². The number of anilines is 2. The molecule has 2 unspecified atom stereocenters. The molecule has 4 nitrogen and oxygen atoms in total. The highest BCUT2D eigenvalue weighted by molar-refractivity contribution is 6.21. The number of fused-ring (bicyclic) bond motifs is 9. The number of hydrogen-bond donors (Lipinski definition) is 0. The fourth-order valence-electron chi connectivity index (χ4n) is 8.10. The lowest BCUT2D eigenvalue weighted by molar-refractivity contribution is 0.542. The van der Waals surface area contributed by atoms with Gasteiger partial charge in [-0.25, -0.2) is 9.97 Å². The molecule has 47 heavy (non-hydrogen) atoms. The molecule has 4 heteroatoms. The summed E-state index contributed by atoms with van der Waals surface area (Å²) < 4.78 is 2.28. The second-order valence-electron chi connectivity index (χ2n) is 12.8. The van der Waals surface area contributed by atoms with Crippen LogP contribution in [0, 0.1) is 0 Å². The zero-order chi connectivity index (χ0) is 31.1. The van der Waals surface area contributed by atoms with Gasteiger partial charge in [0.15, 0.2) is 0 Å². The number of allylic oxidation sites excluding steroid dienone is 2. The normalized spacial score (nSPS) is 18.4. The molecule has 1 aliphatic heterocycles. The first kappa shape index (κ1) is 26.2. The summed E-state index contributed by atoms with van der Waals surface area (Å²) in [5.41, 5.74) is 8.63. The molecule has 0 spiro atoms. The topological polar surface area (TPSA) is 34.0 Å². The van der Waals surface area contributed by atoms with Gasteiger partial charge < -0.3 is 4.90 Å². The molecule has 0 saturated carbocycles. The molecule has 0 amide bonds. The van der Waals surface area contributed by atoms with Crippen molar-refractivity contribution in [1.29, 1.82) is 0 Å². The average molecular weight is 603 g/mol. The zero-order valence-electron chi connectivity index (χ0n) is 25.9. The van der Waals surface area contributed by atoms with Crippen molar-refractivity contribution in [3.63, 3.8) is 0 Å². The van der Waals surface area contributed by atoms with E-state index in [2.05, 4.69) is 168 Å². The molecule has 2 atom stereocenters. The lowest BCUT2D eigenvalue weighted by Crippen LogP contribution is -2.41. The Balaban J connectivity index is 1.30. The lowest BCUT2D eigenvalue weighted by Gasteiger charge is -2.39. The van der Waals surface area contributed by atoms with E-state index in [0.717, 1.165) is 38.9 Å². The Hall–Kier alpha value is -6.00. The highest BCUT2D eigenvalue weighted by atomic mass is 15.2. The largest absolute Gasteiger partial charge is 0.331 e. The van der Waals surface area contributed by atoms with Gasteiger partial charge in [-0.15, -0.1) is 0 Å². The van der Waals surface area contributed by atoms with Gasteiger partial charge >= 0.3 is 0 Å². The zero-order valence-corrected chi connectivity index (χ0v) is 25.9. The molecule has 0 radical (unpaired) electrons. The van der Waals surface area contributed by atoms with E-state index in [0.29, 0.717) is 5.95 Å². The third kappa shape index (κ3) is 3.70. The van der Waals surface area contributed by atoms with Crippen molar-refractivity contribution >= 4 is 54.9 Å². The van der Waals surface area contributed by atoms with Crippen molar-refractivity contribution in [1.82, 2.24) is 14.5 Å². The highest BCUT2D eigenvalue weighted by Gasteiger charge is 2.46. The molecule has 0 fully saturated rings. The van der Waals surface area contributed by atoms with E-state index in [1.54, 1.807) is 0 Å². The average Bonchev–Trinajstić information content (AvgIpc) is 3.60. The van der Waals surface area contributed by atoms with Crippen LogP contribution in [0.5, 0.6) is 0 Å². The van der Waals surface area contributed by atoms with Crippen molar-refractivity contribution < 1.29 is 0 Å². The van der Waals surface area contributed by atoms with Crippen LogP contribution in [-0.2, 0) is 0 Å². The molecular formula is C43H30N4. The Bertz CT molecular complexity index is 2610. The van der Waals surface area contributed by atoms with Crippen LogP contribution in [0.2, 0.25) is 0 Å². The second kappa shape index (κ2) is 9.75. The quantitative estimate of drug-likeness (QED) is 0.202. The van der Waals surface area contributed by atoms with Crippen LogP contribution in [-0.4, -0.2) is 20.1 Å². The number of benzene rings is 6. The summed E-state index contributed by atoms with van der Waals surface area (Å²) in [5.74, 6) is 0.938. The van der Waals surface area contributed by atoms with Gasteiger partial charge in [0.1, 0.15) is 0 Å². The molecule has 6 aromatic carbocycles. The molecule has 8 aromatic rings. The number of rotatable bonds is 3. The molecule has 0 bridgehead atoms. The smallest absolute Gasteiger partial charge is 0.235 e. The van der Waals surface area contributed by atoms with E-state index in [-0.39, 0.29) is 11.5 Å². The van der Waals surface area contributed by atoms with Gasteiger partial charge in [0, 0.05) is 39.0 Å². The highest BCUT2D eigenvalue weighted by Crippen LogP contribution is 2.54. The maximum Gasteiger partial charge on any atom is 0.235 e. The first-order valence-corrected chi connectivity index (χ1v) is 16.2. The Morgan fingerprint density at radius 3 is 2.34 bits per heavy atom. The first-order valence-electron chi connectivity index (χ1n) is 16.2. The number of nitrogens with zero attached hydrogens (tertiary/aromatic N) is 4. The Morgan fingerprint density at radius 1 is 0.638 bits per heavy atom. The Kier molecular flexibility index (Phi) is 5.44. The first-order chi connectivity index (χ1) is 23.2. The summed E-state index contributed by atoms with van der Waals surface area (Å²) in [5, 5.41) is 5.89. The van der Waals surface area contributed by atoms with Crippen LogP contribution in [0.25, 0.3) is 60.7 Å².